The number of aliphatic hydroxyl groups excluding tert-OH is 1. The lowest BCUT2D eigenvalue weighted by molar-refractivity contribution is 0.210. The van der Waals surface area contributed by atoms with Crippen molar-refractivity contribution < 1.29 is 5.11 Å². The molecule has 1 unspecified atom stereocenters. The Hall–Kier alpha value is -1.37. The molecule has 1 atom stereocenters. The summed E-state index contributed by atoms with van der Waals surface area (Å²) in [5.74, 6) is 0. The van der Waals surface area contributed by atoms with Crippen molar-refractivity contribution in [3.8, 4) is 6.07 Å². The van der Waals surface area contributed by atoms with Gasteiger partial charge in [0.25, 0.3) is 0 Å². The first-order valence-corrected chi connectivity index (χ1v) is 4.00. The van der Waals surface area contributed by atoms with Crippen LogP contribution >= 0.6 is 0 Å². The van der Waals surface area contributed by atoms with Gasteiger partial charge in [-0.2, -0.15) is 5.26 Å². The van der Waals surface area contributed by atoms with Gasteiger partial charge in [0.15, 0.2) is 0 Å². The molecule has 3 nitrogen and oxygen atoms in total. The van der Waals surface area contributed by atoms with E-state index in [-0.39, 0.29) is 6.61 Å². The van der Waals surface area contributed by atoms with Crippen LogP contribution in [0.3, 0.4) is 0 Å². The van der Waals surface area contributed by atoms with Gasteiger partial charge in [0, 0.05) is 0 Å². The minimum atomic E-state index is -0.728. The quantitative estimate of drug-likeness (QED) is 0.697. The van der Waals surface area contributed by atoms with Crippen molar-refractivity contribution in [2.75, 3.05) is 6.61 Å². The van der Waals surface area contributed by atoms with Crippen molar-refractivity contribution in [2.45, 2.75) is 12.5 Å². The third-order valence-corrected chi connectivity index (χ3v) is 2.00. The molecular formula is C10H12N2O. The van der Waals surface area contributed by atoms with Crippen LogP contribution in [0.1, 0.15) is 18.1 Å². The molecule has 1 rings (SSSR count). The topological polar surface area (TPSA) is 70.0 Å². The second-order valence-electron chi connectivity index (χ2n) is 3.26. The zero-order valence-corrected chi connectivity index (χ0v) is 7.49. The highest BCUT2D eigenvalue weighted by Gasteiger charge is 2.19. The highest BCUT2D eigenvalue weighted by atomic mass is 16.3. The first kappa shape index (κ1) is 9.72. The molecule has 3 N–H and O–H groups in total. The molecule has 0 aromatic heterocycles. The first-order valence-electron chi connectivity index (χ1n) is 4.00. The summed E-state index contributed by atoms with van der Waals surface area (Å²) in [4.78, 5) is 0. The van der Waals surface area contributed by atoms with E-state index in [4.69, 9.17) is 16.1 Å². The van der Waals surface area contributed by atoms with E-state index in [1.165, 1.54) is 0 Å². The van der Waals surface area contributed by atoms with Gasteiger partial charge in [0.2, 0.25) is 0 Å². The van der Waals surface area contributed by atoms with Crippen LogP contribution in [0.2, 0.25) is 0 Å². The molecular weight excluding hydrogens is 164 g/mol. The molecule has 0 spiro atoms. The number of nitrogens with zero attached hydrogens (tertiary/aromatic N) is 1. The monoisotopic (exact) mass is 176 g/mol. The van der Waals surface area contributed by atoms with Gasteiger partial charge < -0.3 is 10.8 Å². The van der Waals surface area contributed by atoms with Crippen LogP contribution in [0.4, 0.5) is 0 Å². The zero-order valence-electron chi connectivity index (χ0n) is 7.49. The molecule has 0 aliphatic heterocycles. The van der Waals surface area contributed by atoms with Crippen LogP contribution in [0.15, 0.2) is 24.3 Å². The summed E-state index contributed by atoms with van der Waals surface area (Å²) >= 11 is 0. The van der Waals surface area contributed by atoms with E-state index in [1.54, 1.807) is 31.2 Å². The predicted octanol–water partition coefficient (Wildman–Crippen LogP) is 0.724. The normalized spacial score (nSPS) is 14.6. The third-order valence-electron chi connectivity index (χ3n) is 2.00. The summed E-state index contributed by atoms with van der Waals surface area (Å²) in [6.45, 7) is 1.63. The van der Waals surface area contributed by atoms with E-state index in [1.807, 2.05) is 6.07 Å². The maximum absolute atomic E-state index is 8.98. The largest absolute Gasteiger partial charge is 0.394 e. The van der Waals surface area contributed by atoms with Crippen molar-refractivity contribution in [3.63, 3.8) is 0 Å². The number of aliphatic hydroxyl groups is 1. The molecule has 0 radical (unpaired) electrons. The van der Waals surface area contributed by atoms with Gasteiger partial charge in [-0.15, -0.1) is 0 Å². The Morgan fingerprint density at radius 2 is 2.00 bits per heavy atom. The Balaban J connectivity index is 3.00. The molecule has 13 heavy (non-hydrogen) atoms. The molecule has 68 valence electrons. The number of nitriles is 1. The zero-order chi connectivity index (χ0) is 9.90. The van der Waals surface area contributed by atoms with Crippen LogP contribution in [-0.4, -0.2) is 11.7 Å². The standard InChI is InChI=1S/C10H12N2O/c1-10(12,7-13)9-4-2-8(6-11)3-5-9/h2-5,13H,7,12H2,1H3. The van der Waals surface area contributed by atoms with Crippen molar-refractivity contribution in [1.82, 2.24) is 0 Å². The minimum Gasteiger partial charge on any atom is -0.394 e. The van der Waals surface area contributed by atoms with Crippen LogP contribution in [-0.2, 0) is 5.54 Å². The summed E-state index contributed by atoms with van der Waals surface area (Å²) in [7, 11) is 0. The number of rotatable bonds is 2. The number of nitrogens with two attached hydrogens (primary N) is 1. The van der Waals surface area contributed by atoms with Crippen LogP contribution < -0.4 is 5.73 Å². The lowest BCUT2D eigenvalue weighted by Crippen LogP contribution is -2.36. The van der Waals surface area contributed by atoms with Gasteiger partial charge in [-0.1, -0.05) is 12.1 Å². The molecule has 1 aromatic rings. The van der Waals surface area contributed by atoms with Crippen LogP contribution in [0, 0.1) is 11.3 Å². The van der Waals surface area contributed by atoms with E-state index in [0.29, 0.717) is 5.56 Å². The molecule has 1 aromatic carbocycles. The Kier molecular flexibility index (Phi) is 2.66. The van der Waals surface area contributed by atoms with Gasteiger partial charge in [-0.05, 0) is 24.6 Å². The highest BCUT2D eigenvalue weighted by Crippen LogP contribution is 2.16. The maximum atomic E-state index is 8.98. The Morgan fingerprint density at radius 1 is 1.46 bits per heavy atom. The molecule has 3 heteroatoms. The summed E-state index contributed by atoms with van der Waals surface area (Å²) in [5.41, 5.74) is 6.49. The maximum Gasteiger partial charge on any atom is 0.0991 e. The second-order valence-corrected chi connectivity index (χ2v) is 3.26. The van der Waals surface area contributed by atoms with Crippen LogP contribution in [0.5, 0.6) is 0 Å². The average Bonchev–Trinajstić information content (AvgIpc) is 2.18. The fourth-order valence-electron chi connectivity index (χ4n) is 1.02. The molecule has 0 saturated heterocycles. The predicted molar refractivity (Wildman–Crippen MR) is 49.8 cm³/mol. The Bertz CT molecular complexity index is 322. The van der Waals surface area contributed by atoms with Crippen molar-refractivity contribution in [2.24, 2.45) is 5.73 Å². The van der Waals surface area contributed by atoms with Gasteiger partial charge >= 0.3 is 0 Å². The number of hydrogen-bond donors (Lipinski definition) is 2. The van der Waals surface area contributed by atoms with Crippen molar-refractivity contribution >= 4 is 0 Å². The molecule has 0 aliphatic rings. The average molecular weight is 176 g/mol. The fourth-order valence-corrected chi connectivity index (χ4v) is 1.02. The van der Waals surface area contributed by atoms with E-state index >= 15 is 0 Å². The Labute approximate surface area is 77.4 Å². The van der Waals surface area contributed by atoms with Crippen molar-refractivity contribution in [3.05, 3.63) is 35.4 Å². The number of hydrogen-bond acceptors (Lipinski definition) is 3. The fraction of sp³-hybridized carbons (Fsp3) is 0.300. The summed E-state index contributed by atoms with van der Waals surface area (Å²) in [6.07, 6.45) is 0. The van der Waals surface area contributed by atoms with E-state index < -0.39 is 5.54 Å². The smallest absolute Gasteiger partial charge is 0.0991 e. The SMILES string of the molecule is CC(N)(CO)c1ccc(C#N)cc1. The molecule has 0 amide bonds. The first-order chi connectivity index (χ1) is 6.10. The minimum absolute atomic E-state index is 0.112. The number of benzene rings is 1. The molecule has 0 fully saturated rings. The van der Waals surface area contributed by atoms with Crippen LogP contribution in [0.25, 0.3) is 0 Å². The summed E-state index contributed by atoms with van der Waals surface area (Å²) < 4.78 is 0. The third kappa shape index (κ3) is 2.05. The summed E-state index contributed by atoms with van der Waals surface area (Å²) in [6, 6.07) is 8.92. The summed E-state index contributed by atoms with van der Waals surface area (Å²) in [5, 5.41) is 17.5. The lowest BCUT2D eigenvalue weighted by atomic mass is 9.94. The van der Waals surface area contributed by atoms with E-state index in [0.717, 1.165) is 5.56 Å². The molecule has 0 bridgehead atoms. The second kappa shape index (κ2) is 3.56. The molecule has 0 saturated carbocycles. The Morgan fingerprint density at radius 3 is 2.38 bits per heavy atom. The lowest BCUT2D eigenvalue weighted by Gasteiger charge is -2.21. The van der Waals surface area contributed by atoms with Gasteiger partial charge in [-0.25, -0.2) is 0 Å². The van der Waals surface area contributed by atoms with E-state index in [9.17, 15) is 0 Å². The van der Waals surface area contributed by atoms with Gasteiger partial charge in [0.05, 0.1) is 23.8 Å². The van der Waals surface area contributed by atoms with Gasteiger partial charge in [0.1, 0.15) is 0 Å². The highest BCUT2D eigenvalue weighted by molar-refractivity contribution is 5.34. The molecule has 0 aliphatic carbocycles. The van der Waals surface area contributed by atoms with E-state index in [2.05, 4.69) is 0 Å². The van der Waals surface area contributed by atoms with Crippen molar-refractivity contribution in [1.29, 1.82) is 5.26 Å². The molecule has 0 heterocycles. The van der Waals surface area contributed by atoms with Gasteiger partial charge in [-0.3, -0.25) is 0 Å².